The molecule has 1 unspecified atom stereocenters. The highest BCUT2D eigenvalue weighted by molar-refractivity contribution is 6.33. The summed E-state index contributed by atoms with van der Waals surface area (Å²) < 4.78 is 0. The Balaban J connectivity index is 2.13. The molecule has 1 fully saturated rings. The summed E-state index contributed by atoms with van der Waals surface area (Å²) in [6.07, 6.45) is 4.77. The van der Waals surface area contributed by atoms with Crippen LogP contribution >= 0.6 is 11.6 Å². The first kappa shape index (κ1) is 23.5. The molecule has 0 spiro atoms. The topological polar surface area (TPSA) is 99.7 Å². The minimum absolute atomic E-state index is 0.267. The molecule has 3 rings (SSSR count). The first-order chi connectivity index (χ1) is 14.8. The molecular weight excluding hydrogens is 414 g/mol. The van der Waals surface area contributed by atoms with Crippen LogP contribution in [0.3, 0.4) is 0 Å². The Labute approximate surface area is 189 Å². The van der Waals surface area contributed by atoms with Crippen molar-refractivity contribution in [1.29, 1.82) is 0 Å². The fourth-order valence-corrected chi connectivity index (χ4v) is 4.85. The van der Waals surface area contributed by atoms with Crippen LogP contribution < -0.4 is 5.73 Å². The number of rotatable bonds is 7. The smallest absolute Gasteiger partial charge is 0.407 e. The second-order valence-corrected chi connectivity index (χ2v) is 9.12. The zero-order valence-corrected chi connectivity index (χ0v) is 19.0. The molecule has 2 heterocycles. The predicted octanol–water partition coefficient (Wildman–Crippen LogP) is 4.84. The van der Waals surface area contributed by atoms with Crippen molar-refractivity contribution in [2.24, 2.45) is 11.7 Å². The average molecular weight is 446 g/mol. The molecule has 4 N–H and O–H groups in total. The Morgan fingerprint density at radius 3 is 2.84 bits per heavy atom. The number of nitrogens with zero attached hydrogens (tertiary/aromatic N) is 2. The van der Waals surface area contributed by atoms with Crippen LogP contribution in [-0.2, 0) is 5.60 Å². The molecule has 1 aromatic heterocycles. The molecular formula is C24H32ClN3O3. The second-order valence-electron chi connectivity index (χ2n) is 8.71. The molecule has 7 heteroatoms. The van der Waals surface area contributed by atoms with Crippen LogP contribution in [0.4, 0.5) is 4.79 Å². The van der Waals surface area contributed by atoms with E-state index in [2.05, 4.69) is 31.0 Å². The van der Waals surface area contributed by atoms with Crippen LogP contribution in [0, 0.1) is 5.92 Å². The predicted molar refractivity (Wildman–Crippen MR) is 123 cm³/mol. The van der Waals surface area contributed by atoms with E-state index in [9.17, 15) is 15.0 Å². The van der Waals surface area contributed by atoms with E-state index in [1.807, 2.05) is 12.1 Å². The lowest BCUT2D eigenvalue weighted by Crippen LogP contribution is -2.48. The summed E-state index contributed by atoms with van der Waals surface area (Å²) in [5, 5.41) is 22.1. The molecule has 1 aromatic carbocycles. The number of aliphatic hydroxyl groups is 1. The summed E-state index contributed by atoms with van der Waals surface area (Å²) in [5.74, 6) is 0.0822. The van der Waals surface area contributed by atoms with Crippen LogP contribution in [0.25, 0.3) is 11.1 Å². The van der Waals surface area contributed by atoms with E-state index < -0.39 is 11.7 Å². The molecule has 1 aliphatic heterocycles. The summed E-state index contributed by atoms with van der Waals surface area (Å²) in [6, 6.07) is 8.17. The van der Waals surface area contributed by atoms with Crippen molar-refractivity contribution >= 4 is 17.7 Å². The number of benzene rings is 1. The zero-order valence-electron chi connectivity index (χ0n) is 18.2. The highest BCUT2D eigenvalue weighted by Gasteiger charge is 2.43. The van der Waals surface area contributed by atoms with Crippen molar-refractivity contribution in [3.8, 4) is 11.1 Å². The van der Waals surface area contributed by atoms with Crippen molar-refractivity contribution in [1.82, 2.24) is 9.88 Å². The van der Waals surface area contributed by atoms with Gasteiger partial charge in [0.25, 0.3) is 0 Å². The minimum atomic E-state index is -1.28. The van der Waals surface area contributed by atoms with E-state index in [-0.39, 0.29) is 12.5 Å². The van der Waals surface area contributed by atoms with Gasteiger partial charge >= 0.3 is 6.09 Å². The Morgan fingerprint density at radius 2 is 2.16 bits per heavy atom. The fourth-order valence-electron chi connectivity index (χ4n) is 4.58. The van der Waals surface area contributed by atoms with E-state index in [4.69, 9.17) is 17.3 Å². The fraction of sp³-hybridized carbons (Fsp3) is 0.500. The molecule has 1 aliphatic rings. The summed E-state index contributed by atoms with van der Waals surface area (Å²) in [7, 11) is 0. The van der Waals surface area contributed by atoms with Gasteiger partial charge < -0.3 is 20.8 Å². The normalized spacial score (nSPS) is 18.8. The number of pyridine rings is 1. The summed E-state index contributed by atoms with van der Waals surface area (Å²) in [4.78, 5) is 17.3. The molecule has 6 nitrogen and oxygen atoms in total. The molecule has 0 bridgehead atoms. The molecule has 168 valence electrons. The van der Waals surface area contributed by atoms with Gasteiger partial charge in [-0.1, -0.05) is 49.7 Å². The molecule has 2 aromatic rings. The number of halogens is 1. The third-order valence-electron chi connectivity index (χ3n) is 6.34. The van der Waals surface area contributed by atoms with E-state index >= 15 is 0 Å². The van der Waals surface area contributed by atoms with Gasteiger partial charge in [0.1, 0.15) is 0 Å². The number of amides is 1. The van der Waals surface area contributed by atoms with Gasteiger partial charge in [0.15, 0.2) is 0 Å². The summed E-state index contributed by atoms with van der Waals surface area (Å²) >= 11 is 6.65. The van der Waals surface area contributed by atoms with Gasteiger partial charge in [-0.15, -0.1) is 0 Å². The zero-order chi connectivity index (χ0) is 22.6. The maximum Gasteiger partial charge on any atom is 0.407 e. The summed E-state index contributed by atoms with van der Waals surface area (Å²) in [6.45, 7) is 5.46. The number of hydrogen-bond donors (Lipinski definition) is 3. The number of nitrogens with two attached hydrogens (primary N) is 1. The van der Waals surface area contributed by atoms with Crippen molar-refractivity contribution in [2.75, 3.05) is 19.6 Å². The lowest BCUT2D eigenvalue weighted by molar-refractivity contribution is -0.0569. The third kappa shape index (κ3) is 5.03. The Bertz CT molecular complexity index is 921. The molecule has 2 atom stereocenters. The van der Waals surface area contributed by atoms with Crippen molar-refractivity contribution in [2.45, 2.75) is 51.0 Å². The molecule has 31 heavy (non-hydrogen) atoms. The highest BCUT2D eigenvalue weighted by Crippen LogP contribution is 2.45. The number of carbonyl (C=O) groups is 1. The Morgan fingerprint density at radius 1 is 1.39 bits per heavy atom. The van der Waals surface area contributed by atoms with Gasteiger partial charge in [0.2, 0.25) is 0 Å². The van der Waals surface area contributed by atoms with Crippen molar-refractivity contribution in [3.63, 3.8) is 0 Å². The molecule has 0 aliphatic carbocycles. The van der Waals surface area contributed by atoms with E-state index in [0.29, 0.717) is 48.9 Å². The first-order valence-corrected chi connectivity index (χ1v) is 11.3. The maximum absolute atomic E-state index is 12.1. The molecule has 1 saturated heterocycles. The van der Waals surface area contributed by atoms with Gasteiger partial charge in [0, 0.05) is 42.5 Å². The largest absolute Gasteiger partial charge is 0.465 e. The van der Waals surface area contributed by atoms with Gasteiger partial charge in [-0.3, -0.25) is 4.98 Å². The number of piperidine rings is 1. The van der Waals surface area contributed by atoms with Crippen LogP contribution in [0.1, 0.15) is 56.6 Å². The van der Waals surface area contributed by atoms with Gasteiger partial charge in [-0.05, 0) is 49.3 Å². The van der Waals surface area contributed by atoms with E-state index in [1.165, 1.54) is 10.5 Å². The molecule has 0 saturated carbocycles. The molecule has 0 radical (unpaired) electrons. The van der Waals surface area contributed by atoms with Crippen LogP contribution in [0.5, 0.6) is 0 Å². The van der Waals surface area contributed by atoms with Crippen LogP contribution in [-0.4, -0.2) is 45.8 Å². The van der Waals surface area contributed by atoms with Crippen molar-refractivity contribution in [3.05, 3.63) is 52.8 Å². The Kier molecular flexibility index (Phi) is 7.57. The van der Waals surface area contributed by atoms with Crippen LogP contribution in [0.2, 0.25) is 5.02 Å². The Hall–Kier alpha value is -2.15. The monoisotopic (exact) mass is 445 g/mol. The quantitative estimate of drug-likeness (QED) is 0.566. The van der Waals surface area contributed by atoms with E-state index in [0.717, 1.165) is 17.5 Å². The third-order valence-corrected chi connectivity index (χ3v) is 6.62. The van der Waals surface area contributed by atoms with Crippen molar-refractivity contribution < 1.29 is 15.0 Å². The first-order valence-electron chi connectivity index (χ1n) is 10.9. The highest BCUT2D eigenvalue weighted by atomic mass is 35.5. The maximum atomic E-state index is 12.1. The minimum Gasteiger partial charge on any atom is -0.465 e. The number of carboxylic acid groups (broad SMARTS) is 1. The number of likely N-dealkylation sites (tertiary alicyclic amines) is 1. The number of aromatic nitrogens is 1. The standard InChI is InChI=1S/C24H32ClN3O3/c1-16(2)17-6-3-7-18(12-17)22-20(13-27-14-21(22)25)24(31,9-5-10-26)19-8-4-11-28(15-19)23(29)30/h3,6-7,12-14,16,19,31H,4-5,8-11,15,26H2,1-2H3,(H,29,30)/t19-,24?/m1/s1. The van der Waals surface area contributed by atoms with E-state index in [1.54, 1.807) is 12.4 Å². The SMILES string of the molecule is CC(C)c1cccc(-c2c(Cl)cncc2C(O)(CCCN)[C@@H]2CCCN(C(=O)O)C2)c1. The van der Waals surface area contributed by atoms with Crippen LogP contribution in [0.15, 0.2) is 36.7 Å². The molecule has 1 amide bonds. The summed E-state index contributed by atoms with van der Waals surface area (Å²) in [5.41, 5.74) is 8.01. The second kappa shape index (κ2) is 9.98. The lowest BCUT2D eigenvalue weighted by atomic mass is 9.72. The van der Waals surface area contributed by atoms with Gasteiger partial charge in [-0.2, -0.15) is 0 Å². The van der Waals surface area contributed by atoms with Gasteiger partial charge in [0.05, 0.1) is 10.6 Å². The lowest BCUT2D eigenvalue weighted by Gasteiger charge is -2.42. The average Bonchev–Trinajstić information content (AvgIpc) is 2.77. The number of hydrogen-bond acceptors (Lipinski definition) is 4. The van der Waals surface area contributed by atoms with Gasteiger partial charge in [-0.25, -0.2) is 4.79 Å².